The third-order valence-corrected chi connectivity index (χ3v) is 3.72. The average molecular weight is 279 g/mol. The van der Waals surface area contributed by atoms with Crippen LogP contribution in [0, 0.1) is 0 Å². The molecule has 1 aromatic heterocycles. The first kappa shape index (κ1) is 13.6. The highest BCUT2D eigenvalue weighted by Gasteiger charge is 2.07. The minimum Gasteiger partial charge on any atom is -0.497 e. The molecule has 0 aliphatic carbocycles. The molecule has 2 aromatic rings. The van der Waals surface area contributed by atoms with Crippen molar-refractivity contribution in [2.45, 2.75) is 19.9 Å². The topological polar surface area (TPSA) is 56.3 Å². The molecule has 102 valence electrons. The van der Waals surface area contributed by atoms with Gasteiger partial charge in [-0.05, 0) is 18.6 Å². The highest BCUT2D eigenvalue weighted by atomic mass is 32.1. The Kier molecular flexibility index (Phi) is 4.57. The zero-order valence-electron chi connectivity index (χ0n) is 11.3. The van der Waals surface area contributed by atoms with Crippen LogP contribution < -0.4 is 14.8 Å². The summed E-state index contributed by atoms with van der Waals surface area (Å²) in [6.45, 7) is 2.71. The van der Waals surface area contributed by atoms with Gasteiger partial charge in [0.05, 0.1) is 14.2 Å². The molecule has 6 heteroatoms. The normalized spacial score (nSPS) is 10.3. The van der Waals surface area contributed by atoms with Crippen LogP contribution in [0.1, 0.15) is 17.5 Å². The van der Waals surface area contributed by atoms with Gasteiger partial charge in [-0.2, -0.15) is 0 Å². The van der Waals surface area contributed by atoms with Crippen molar-refractivity contribution in [2.75, 3.05) is 19.5 Å². The maximum absolute atomic E-state index is 5.35. The number of nitrogens with one attached hydrogen (secondary N) is 1. The molecular formula is C13H17N3O2S. The second kappa shape index (κ2) is 6.38. The zero-order chi connectivity index (χ0) is 13.7. The molecule has 0 bridgehead atoms. The van der Waals surface area contributed by atoms with Crippen LogP contribution in [0.15, 0.2) is 18.2 Å². The largest absolute Gasteiger partial charge is 0.497 e. The van der Waals surface area contributed by atoms with E-state index in [0.29, 0.717) is 6.54 Å². The van der Waals surface area contributed by atoms with E-state index in [2.05, 4.69) is 22.4 Å². The van der Waals surface area contributed by atoms with Crippen molar-refractivity contribution in [3.8, 4) is 11.5 Å². The Bertz CT molecular complexity index is 542. The lowest BCUT2D eigenvalue weighted by Gasteiger charge is -2.10. The standard InChI is InChI=1S/C13H17N3O2S/c1-4-12-15-16-13(19-12)14-8-9-5-6-10(17-2)7-11(9)18-3/h5-7H,4,8H2,1-3H3,(H,14,16). The van der Waals surface area contributed by atoms with E-state index >= 15 is 0 Å². The molecule has 0 saturated heterocycles. The number of ether oxygens (including phenoxy) is 2. The first-order valence-corrected chi connectivity index (χ1v) is 6.85. The number of methoxy groups -OCH3 is 2. The van der Waals surface area contributed by atoms with E-state index in [4.69, 9.17) is 9.47 Å². The first-order chi connectivity index (χ1) is 9.26. The van der Waals surface area contributed by atoms with E-state index < -0.39 is 0 Å². The summed E-state index contributed by atoms with van der Waals surface area (Å²) in [5.41, 5.74) is 1.05. The molecule has 0 fully saturated rings. The second-order valence-corrected chi connectivity index (χ2v) is 4.95. The van der Waals surface area contributed by atoms with Gasteiger partial charge in [0.1, 0.15) is 16.5 Å². The highest BCUT2D eigenvalue weighted by Crippen LogP contribution is 2.25. The summed E-state index contributed by atoms with van der Waals surface area (Å²) in [4.78, 5) is 0. The predicted molar refractivity (Wildman–Crippen MR) is 76.2 cm³/mol. The van der Waals surface area contributed by atoms with Crippen LogP contribution >= 0.6 is 11.3 Å². The molecule has 0 unspecified atom stereocenters. The predicted octanol–water partition coefficient (Wildman–Crippen LogP) is 2.73. The van der Waals surface area contributed by atoms with Crippen LogP contribution in [-0.4, -0.2) is 24.4 Å². The molecule has 5 nitrogen and oxygen atoms in total. The minimum absolute atomic E-state index is 0.644. The van der Waals surface area contributed by atoms with E-state index in [9.17, 15) is 0 Å². The number of hydrogen-bond acceptors (Lipinski definition) is 6. The third-order valence-electron chi connectivity index (χ3n) is 2.69. The molecule has 19 heavy (non-hydrogen) atoms. The minimum atomic E-state index is 0.644. The number of rotatable bonds is 6. The Balaban J connectivity index is 2.06. The molecule has 0 saturated carbocycles. The Morgan fingerprint density at radius 1 is 1.21 bits per heavy atom. The van der Waals surface area contributed by atoms with E-state index in [1.807, 2.05) is 18.2 Å². The van der Waals surface area contributed by atoms with Crippen molar-refractivity contribution in [3.05, 3.63) is 28.8 Å². The number of benzene rings is 1. The van der Waals surface area contributed by atoms with Crippen molar-refractivity contribution in [3.63, 3.8) is 0 Å². The SMILES string of the molecule is CCc1nnc(NCc2ccc(OC)cc2OC)s1. The molecule has 2 rings (SSSR count). The summed E-state index contributed by atoms with van der Waals surface area (Å²) in [5, 5.41) is 13.3. The molecule has 1 aromatic carbocycles. The molecule has 0 aliphatic rings. The summed E-state index contributed by atoms with van der Waals surface area (Å²) < 4.78 is 10.5. The summed E-state index contributed by atoms with van der Waals surface area (Å²) in [6.07, 6.45) is 0.908. The van der Waals surface area contributed by atoms with Gasteiger partial charge in [-0.3, -0.25) is 0 Å². The molecule has 1 heterocycles. The van der Waals surface area contributed by atoms with Crippen molar-refractivity contribution < 1.29 is 9.47 Å². The van der Waals surface area contributed by atoms with Crippen LogP contribution in [0.5, 0.6) is 11.5 Å². The van der Waals surface area contributed by atoms with Crippen LogP contribution in [0.25, 0.3) is 0 Å². The molecule has 0 aliphatic heterocycles. The van der Waals surface area contributed by atoms with Crippen molar-refractivity contribution in [1.29, 1.82) is 0 Å². The number of nitrogens with zero attached hydrogens (tertiary/aromatic N) is 2. The van der Waals surface area contributed by atoms with Gasteiger partial charge in [-0.15, -0.1) is 10.2 Å². The summed E-state index contributed by atoms with van der Waals surface area (Å²) in [5.74, 6) is 1.58. The number of aryl methyl sites for hydroxylation is 1. The quantitative estimate of drug-likeness (QED) is 0.881. The first-order valence-electron chi connectivity index (χ1n) is 6.04. The van der Waals surface area contributed by atoms with Gasteiger partial charge in [-0.25, -0.2) is 0 Å². The molecule has 0 atom stereocenters. The monoisotopic (exact) mass is 279 g/mol. The highest BCUT2D eigenvalue weighted by molar-refractivity contribution is 7.15. The number of anilines is 1. The number of aromatic nitrogens is 2. The molecule has 1 N–H and O–H groups in total. The average Bonchev–Trinajstić information content (AvgIpc) is 2.92. The lowest BCUT2D eigenvalue weighted by molar-refractivity contribution is 0.391. The fourth-order valence-corrected chi connectivity index (χ4v) is 2.31. The summed E-state index contributed by atoms with van der Waals surface area (Å²) in [6, 6.07) is 5.76. The number of hydrogen-bond donors (Lipinski definition) is 1. The van der Waals surface area contributed by atoms with Crippen LogP contribution in [0.2, 0.25) is 0 Å². The summed E-state index contributed by atoms with van der Waals surface area (Å²) in [7, 11) is 3.29. The fraction of sp³-hybridized carbons (Fsp3) is 0.385. The maximum atomic E-state index is 5.35. The maximum Gasteiger partial charge on any atom is 0.205 e. The van der Waals surface area contributed by atoms with E-state index in [1.54, 1.807) is 25.6 Å². The zero-order valence-corrected chi connectivity index (χ0v) is 12.1. The van der Waals surface area contributed by atoms with E-state index in [-0.39, 0.29) is 0 Å². The van der Waals surface area contributed by atoms with Crippen LogP contribution in [0.3, 0.4) is 0 Å². The van der Waals surface area contributed by atoms with Crippen LogP contribution in [0.4, 0.5) is 5.13 Å². The van der Waals surface area contributed by atoms with E-state index in [0.717, 1.165) is 33.6 Å². The Morgan fingerprint density at radius 2 is 2.05 bits per heavy atom. The van der Waals surface area contributed by atoms with Crippen molar-refractivity contribution >= 4 is 16.5 Å². The van der Waals surface area contributed by atoms with Crippen LogP contribution in [-0.2, 0) is 13.0 Å². The van der Waals surface area contributed by atoms with Gasteiger partial charge in [0, 0.05) is 18.2 Å². The van der Waals surface area contributed by atoms with Gasteiger partial charge in [-0.1, -0.05) is 18.3 Å². The third kappa shape index (κ3) is 3.35. The Labute approximate surface area is 116 Å². The van der Waals surface area contributed by atoms with Gasteiger partial charge in [0.25, 0.3) is 0 Å². The Morgan fingerprint density at radius 3 is 2.68 bits per heavy atom. The molecule has 0 radical (unpaired) electrons. The molecule has 0 spiro atoms. The Hall–Kier alpha value is -1.82. The molecular weight excluding hydrogens is 262 g/mol. The van der Waals surface area contributed by atoms with Gasteiger partial charge in [0.2, 0.25) is 5.13 Å². The van der Waals surface area contributed by atoms with Crippen molar-refractivity contribution in [2.24, 2.45) is 0 Å². The van der Waals surface area contributed by atoms with Crippen molar-refractivity contribution in [1.82, 2.24) is 10.2 Å². The summed E-state index contributed by atoms with van der Waals surface area (Å²) >= 11 is 1.57. The smallest absolute Gasteiger partial charge is 0.205 e. The lowest BCUT2D eigenvalue weighted by atomic mass is 10.2. The van der Waals surface area contributed by atoms with Gasteiger partial charge in [0.15, 0.2) is 0 Å². The van der Waals surface area contributed by atoms with Gasteiger partial charge >= 0.3 is 0 Å². The molecule has 0 amide bonds. The van der Waals surface area contributed by atoms with E-state index in [1.165, 1.54) is 0 Å². The van der Waals surface area contributed by atoms with Gasteiger partial charge < -0.3 is 14.8 Å². The fourth-order valence-electron chi connectivity index (χ4n) is 1.64. The lowest BCUT2D eigenvalue weighted by Crippen LogP contribution is -2.01. The second-order valence-electron chi connectivity index (χ2n) is 3.89.